The smallest absolute Gasteiger partial charge is 0.233 e. The van der Waals surface area contributed by atoms with Gasteiger partial charge in [0.25, 0.3) is 0 Å². The highest BCUT2D eigenvalue weighted by molar-refractivity contribution is 8.00. The minimum Gasteiger partial charge on any atom is -0.469 e. The van der Waals surface area contributed by atoms with Gasteiger partial charge in [-0.15, -0.1) is 10.2 Å². The quantitative estimate of drug-likeness (QED) is 0.648. The Morgan fingerprint density at radius 1 is 1.32 bits per heavy atom. The summed E-state index contributed by atoms with van der Waals surface area (Å²) in [6.45, 7) is 3.83. The first-order valence-corrected chi connectivity index (χ1v) is 9.85. The molecule has 0 unspecified atom stereocenters. The fourth-order valence-corrected chi connectivity index (χ4v) is 4.05. The molecule has 1 saturated carbocycles. The second kappa shape index (κ2) is 8.08. The number of nitrogens with zero attached hydrogens (tertiary/aromatic N) is 3. The molecule has 2 aromatic rings. The second-order valence-corrected chi connectivity index (χ2v) is 8.02. The largest absolute Gasteiger partial charge is 0.469 e. The molecule has 3 rings (SSSR count). The van der Waals surface area contributed by atoms with E-state index in [1.165, 1.54) is 37.4 Å². The highest BCUT2D eigenvalue weighted by Crippen LogP contribution is 2.28. The van der Waals surface area contributed by atoms with Crippen LogP contribution in [-0.4, -0.2) is 32.0 Å². The SMILES string of the molecule is Cc1occc1-c1nnc(S[C@H](C)C(=O)NC2CCCCCC2)n1C. The highest BCUT2D eigenvalue weighted by atomic mass is 32.2. The van der Waals surface area contributed by atoms with E-state index in [2.05, 4.69) is 15.5 Å². The predicted octanol–water partition coefficient (Wildman–Crippen LogP) is 3.70. The molecule has 0 saturated heterocycles. The van der Waals surface area contributed by atoms with Crippen molar-refractivity contribution in [3.05, 3.63) is 18.1 Å². The van der Waals surface area contributed by atoms with Gasteiger partial charge in [0.05, 0.1) is 17.1 Å². The molecular weight excluding hydrogens is 336 g/mol. The van der Waals surface area contributed by atoms with Crippen LogP contribution in [0.3, 0.4) is 0 Å². The van der Waals surface area contributed by atoms with Crippen molar-refractivity contribution in [2.75, 3.05) is 0 Å². The van der Waals surface area contributed by atoms with Crippen LogP contribution < -0.4 is 5.32 Å². The lowest BCUT2D eigenvalue weighted by molar-refractivity contribution is -0.121. The van der Waals surface area contributed by atoms with Crippen LogP contribution in [0, 0.1) is 6.92 Å². The number of amides is 1. The lowest BCUT2D eigenvalue weighted by Crippen LogP contribution is -2.39. The van der Waals surface area contributed by atoms with Crippen molar-refractivity contribution in [3.8, 4) is 11.4 Å². The van der Waals surface area contributed by atoms with E-state index in [1.54, 1.807) is 6.26 Å². The van der Waals surface area contributed by atoms with E-state index >= 15 is 0 Å². The number of rotatable bonds is 5. The Bertz CT molecular complexity index is 716. The van der Waals surface area contributed by atoms with E-state index < -0.39 is 0 Å². The summed E-state index contributed by atoms with van der Waals surface area (Å²) in [5.41, 5.74) is 0.928. The summed E-state index contributed by atoms with van der Waals surface area (Å²) in [6.07, 6.45) is 8.83. The van der Waals surface area contributed by atoms with Crippen LogP contribution in [0.4, 0.5) is 0 Å². The molecule has 7 heteroatoms. The van der Waals surface area contributed by atoms with Gasteiger partial charge in [0.15, 0.2) is 11.0 Å². The minimum atomic E-state index is -0.204. The first-order valence-electron chi connectivity index (χ1n) is 8.97. The lowest BCUT2D eigenvalue weighted by atomic mass is 10.1. The van der Waals surface area contributed by atoms with Crippen LogP contribution in [-0.2, 0) is 11.8 Å². The third-order valence-corrected chi connectivity index (χ3v) is 5.92. The summed E-state index contributed by atoms with van der Waals surface area (Å²) < 4.78 is 7.26. The molecule has 1 fully saturated rings. The van der Waals surface area contributed by atoms with Gasteiger partial charge in [-0.1, -0.05) is 37.4 Å². The number of aryl methyl sites for hydroxylation is 1. The minimum absolute atomic E-state index is 0.0842. The number of thioether (sulfide) groups is 1. The maximum Gasteiger partial charge on any atom is 0.233 e. The van der Waals surface area contributed by atoms with Gasteiger partial charge in [-0.3, -0.25) is 4.79 Å². The summed E-state index contributed by atoms with van der Waals surface area (Å²) in [5, 5.41) is 12.3. The van der Waals surface area contributed by atoms with Gasteiger partial charge in [-0.25, -0.2) is 0 Å². The number of nitrogens with one attached hydrogen (secondary N) is 1. The number of carbonyl (C=O) groups is 1. The molecular formula is C18H26N4O2S. The zero-order chi connectivity index (χ0) is 17.8. The van der Waals surface area contributed by atoms with Crippen molar-refractivity contribution in [3.63, 3.8) is 0 Å². The molecule has 1 aliphatic rings. The van der Waals surface area contributed by atoms with Crippen molar-refractivity contribution in [2.45, 2.75) is 68.8 Å². The Balaban J connectivity index is 1.62. The molecule has 0 aromatic carbocycles. The van der Waals surface area contributed by atoms with Crippen molar-refractivity contribution >= 4 is 17.7 Å². The van der Waals surface area contributed by atoms with Crippen LogP contribution in [0.1, 0.15) is 51.2 Å². The number of carbonyl (C=O) groups excluding carboxylic acids is 1. The van der Waals surface area contributed by atoms with Crippen molar-refractivity contribution < 1.29 is 9.21 Å². The van der Waals surface area contributed by atoms with E-state index in [1.807, 2.05) is 31.5 Å². The van der Waals surface area contributed by atoms with E-state index in [4.69, 9.17) is 4.42 Å². The number of furan rings is 1. The monoisotopic (exact) mass is 362 g/mol. The van der Waals surface area contributed by atoms with E-state index in [0.29, 0.717) is 6.04 Å². The third-order valence-electron chi connectivity index (χ3n) is 4.79. The molecule has 0 bridgehead atoms. The van der Waals surface area contributed by atoms with Gasteiger partial charge < -0.3 is 14.3 Å². The predicted molar refractivity (Wildman–Crippen MR) is 98.4 cm³/mol. The molecule has 1 amide bonds. The van der Waals surface area contributed by atoms with Crippen LogP contribution in [0.25, 0.3) is 11.4 Å². The Morgan fingerprint density at radius 3 is 2.68 bits per heavy atom. The number of aromatic nitrogens is 3. The zero-order valence-corrected chi connectivity index (χ0v) is 15.9. The second-order valence-electron chi connectivity index (χ2n) is 6.71. The summed E-state index contributed by atoms with van der Waals surface area (Å²) in [6, 6.07) is 2.21. The Morgan fingerprint density at radius 2 is 2.04 bits per heavy atom. The Kier molecular flexibility index (Phi) is 5.83. The van der Waals surface area contributed by atoms with Crippen molar-refractivity contribution in [2.24, 2.45) is 7.05 Å². The Labute approximate surface area is 152 Å². The normalized spacial score (nSPS) is 17.2. The maximum absolute atomic E-state index is 12.5. The van der Waals surface area contributed by atoms with E-state index in [9.17, 15) is 4.79 Å². The first-order chi connectivity index (χ1) is 12.1. The first kappa shape index (κ1) is 18.0. The van der Waals surface area contributed by atoms with Crippen LogP contribution >= 0.6 is 11.8 Å². The molecule has 25 heavy (non-hydrogen) atoms. The summed E-state index contributed by atoms with van der Waals surface area (Å²) in [5.74, 6) is 1.65. The van der Waals surface area contributed by atoms with Gasteiger partial charge in [0.1, 0.15) is 5.76 Å². The molecule has 1 N–H and O–H groups in total. The molecule has 1 aliphatic carbocycles. The summed E-state index contributed by atoms with van der Waals surface area (Å²) in [7, 11) is 1.92. The zero-order valence-electron chi connectivity index (χ0n) is 15.1. The summed E-state index contributed by atoms with van der Waals surface area (Å²) in [4.78, 5) is 12.5. The fraction of sp³-hybridized carbons (Fsp3) is 0.611. The molecule has 0 aliphatic heterocycles. The molecule has 2 heterocycles. The van der Waals surface area contributed by atoms with Crippen molar-refractivity contribution in [1.29, 1.82) is 0 Å². The van der Waals surface area contributed by atoms with Crippen LogP contribution in [0.15, 0.2) is 21.9 Å². The van der Waals surface area contributed by atoms with Gasteiger partial charge >= 0.3 is 0 Å². The Hall–Kier alpha value is -1.76. The molecule has 0 radical (unpaired) electrons. The van der Waals surface area contributed by atoms with E-state index in [-0.39, 0.29) is 11.2 Å². The number of hydrogen-bond acceptors (Lipinski definition) is 5. The molecule has 0 spiro atoms. The van der Waals surface area contributed by atoms with Crippen LogP contribution in [0.2, 0.25) is 0 Å². The fourth-order valence-electron chi connectivity index (χ4n) is 3.22. The topological polar surface area (TPSA) is 72.9 Å². The van der Waals surface area contributed by atoms with Gasteiger partial charge in [-0.05, 0) is 32.8 Å². The molecule has 136 valence electrons. The average molecular weight is 362 g/mol. The number of hydrogen-bond donors (Lipinski definition) is 1. The van der Waals surface area contributed by atoms with Crippen LogP contribution in [0.5, 0.6) is 0 Å². The molecule has 1 atom stereocenters. The maximum atomic E-state index is 12.5. The summed E-state index contributed by atoms with van der Waals surface area (Å²) >= 11 is 1.44. The van der Waals surface area contributed by atoms with Gasteiger partial charge in [0, 0.05) is 13.1 Å². The average Bonchev–Trinajstić information content (AvgIpc) is 3.05. The third kappa shape index (κ3) is 4.26. The lowest BCUT2D eigenvalue weighted by Gasteiger charge is -2.19. The van der Waals surface area contributed by atoms with E-state index in [0.717, 1.165) is 35.1 Å². The molecule has 2 aromatic heterocycles. The van der Waals surface area contributed by atoms with Gasteiger partial charge in [-0.2, -0.15) is 0 Å². The molecule has 6 nitrogen and oxygen atoms in total. The van der Waals surface area contributed by atoms with Gasteiger partial charge in [0.2, 0.25) is 5.91 Å². The standard InChI is InChI=1S/C18H26N4O2S/c1-12-15(10-11-24-12)16-20-21-18(22(16)3)25-13(2)17(23)19-14-8-6-4-5-7-9-14/h10-11,13-14H,4-9H2,1-3H3,(H,19,23)/t13-/m1/s1. The highest BCUT2D eigenvalue weighted by Gasteiger charge is 2.23. The van der Waals surface area contributed by atoms with Crippen molar-refractivity contribution in [1.82, 2.24) is 20.1 Å².